The third kappa shape index (κ3) is 8.71. The van der Waals surface area contributed by atoms with Crippen LogP contribution in [0.3, 0.4) is 0 Å². The summed E-state index contributed by atoms with van der Waals surface area (Å²) in [6.45, 7) is 12.7. The number of rotatable bonds is 11. The molecule has 18 heteroatoms. The average molecular weight is 912 g/mol. The first-order valence-corrected chi connectivity index (χ1v) is 24.2. The number of fused-ring (bicyclic) bond motifs is 4. The molecule has 352 valence electrons. The Morgan fingerprint density at radius 3 is 2.39 bits per heavy atom. The number of aryl methyl sites for hydroxylation is 2. The Labute approximate surface area is 390 Å². The smallest absolute Gasteiger partial charge is 0.275 e. The number of imide groups is 1. The fraction of sp³-hybridized carbons (Fsp3) is 0.531. The van der Waals surface area contributed by atoms with Gasteiger partial charge in [-0.1, -0.05) is 26.2 Å². The zero-order chi connectivity index (χ0) is 46.3. The summed E-state index contributed by atoms with van der Waals surface area (Å²) < 4.78 is 9.18. The number of nitrogens with zero attached hydrogens (tertiary/aromatic N) is 11. The number of amides is 3. The van der Waals surface area contributed by atoms with Crippen molar-refractivity contribution in [2.24, 2.45) is 11.8 Å². The maximum atomic E-state index is 13.9. The lowest BCUT2D eigenvalue weighted by molar-refractivity contribution is -0.136. The largest absolute Gasteiger partial charge is 0.495 e. The zero-order valence-electron chi connectivity index (χ0n) is 39.0. The number of hydrogen-bond acceptors (Lipinski definition) is 14. The summed E-state index contributed by atoms with van der Waals surface area (Å²) in [7, 11) is 1.62. The van der Waals surface area contributed by atoms with Crippen LogP contribution in [-0.2, 0) is 9.59 Å². The molecule has 3 amide bonds. The van der Waals surface area contributed by atoms with E-state index in [1.807, 2.05) is 61.3 Å². The van der Waals surface area contributed by atoms with Gasteiger partial charge in [0.05, 0.1) is 36.1 Å². The highest BCUT2D eigenvalue weighted by molar-refractivity contribution is 5.99. The van der Waals surface area contributed by atoms with Gasteiger partial charge in [0.1, 0.15) is 23.3 Å². The Hall–Kier alpha value is -6.43. The molecule has 5 aliphatic rings. The number of hydrogen-bond donors (Lipinski definition) is 2. The van der Waals surface area contributed by atoms with Gasteiger partial charge in [0.25, 0.3) is 17.4 Å². The van der Waals surface area contributed by atoms with E-state index in [-0.39, 0.29) is 36.3 Å². The van der Waals surface area contributed by atoms with Crippen molar-refractivity contribution in [1.29, 1.82) is 0 Å². The Kier molecular flexibility index (Phi) is 12.4. The SMILES string of the molecule is CC[C@@H]1c2nnc(C)n2-c2cnc(Nc3ccc(C(=O)N4CCN(CC5CCN(c6ccc7c(=O)n(C8CCC(=O)NC8=O)nc(C)c7c6)CC5)CC4)cc3OC)nc2N1CC1CCCCC1. The zero-order valence-corrected chi connectivity index (χ0v) is 39.0. The molecule has 18 nitrogen and oxygen atoms in total. The number of carbonyl (C=O) groups is 3. The van der Waals surface area contributed by atoms with Crippen LogP contribution in [0.2, 0.25) is 0 Å². The lowest BCUT2D eigenvalue weighted by Gasteiger charge is -2.39. The van der Waals surface area contributed by atoms with Crippen molar-refractivity contribution in [1.82, 2.24) is 49.6 Å². The molecule has 1 aliphatic carbocycles. The van der Waals surface area contributed by atoms with Crippen LogP contribution in [0.15, 0.2) is 47.4 Å². The first kappa shape index (κ1) is 44.4. The van der Waals surface area contributed by atoms with E-state index in [2.05, 4.69) is 52.1 Å². The summed E-state index contributed by atoms with van der Waals surface area (Å²) in [6, 6.07) is 10.7. The van der Waals surface area contributed by atoms with Crippen molar-refractivity contribution >= 4 is 51.6 Å². The Morgan fingerprint density at radius 1 is 0.866 bits per heavy atom. The fourth-order valence-electron chi connectivity index (χ4n) is 11.1. The lowest BCUT2D eigenvalue weighted by atomic mass is 9.88. The van der Waals surface area contributed by atoms with Crippen molar-refractivity contribution in [2.45, 2.75) is 97.1 Å². The molecule has 7 heterocycles. The van der Waals surface area contributed by atoms with Gasteiger partial charge in [-0.3, -0.25) is 34.0 Å². The van der Waals surface area contributed by atoms with Crippen molar-refractivity contribution in [3.8, 4) is 11.4 Å². The summed E-state index contributed by atoms with van der Waals surface area (Å²) >= 11 is 0. The quantitative estimate of drug-likeness (QED) is 0.155. The molecule has 67 heavy (non-hydrogen) atoms. The van der Waals surface area contributed by atoms with E-state index in [4.69, 9.17) is 14.7 Å². The van der Waals surface area contributed by atoms with Crippen molar-refractivity contribution in [3.63, 3.8) is 0 Å². The number of piperazine rings is 1. The molecule has 10 rings (SSSR count). The standard InChI is InChI=1S/C49H61N13O5/c1-5-39-45-55-54-31(3)61(45)41-27-50-49(53-44(41)60(39)29-32-9-7-6-8-10-32)51-38-14-11-34(25-42(38)67-4)47(65)59-23-21-57(22-24-59)28-33-17-19-58(20-18-33)35-12-13-36-37(26-35)30(2)56-62(48(36)66)40-15-16-43(63)52-46(40)64/h11-14,25-27,32-33,39-40H,5-10,15-24,28-29H2,1-4H3,(H,50,51,53)(H,52,63,64)/t39-,40?/m1/s1. The van der Waals surface area contributed by atoms with Crippen LogP contribution < -0.4 is 30.7 Å². The van der Waals surface area contributed by atoms with E-state index in [1.165, 1.54) is 36.8 Å². The summed E-state index contributed by atoms with van der Waals surface area (Å²) in [6.07, 6.45) is 11.6. The average Bonchev–Trinajstić information content (AvgIpc) is 3.74. The number of carbonyl (C=O) groups excluding carboxylic acids is 3. The van der Waals surface area contributed by atoms with Gasteiger partial charge in [-0.15, -0.1) is 10.2 Å². The molecule has 4 aliphatic heterocycles. The number of aromatic nitrogens is 7. The predicted molar refractivity (Wildman–Crippen MR) is 254 cm³/mol. The molecule has 2 N–H and O–H groups in total. The molecule has 4 fully saturated rings. The first-order valence-electron chi connectivity index (χ1n) is 24.2. The second kappa shape index (κ2) is 18.7. The van der Waals surface area contributed by atoms with E-state index < -0.39 is 11.9 Å². The highest BCUT2D eigenvalue weighted by Gasteiger charge is 2.37. The van der Waals surface area contributed by atoms with Crippen LogP contribution in [0, 0.1) is 25.7 Å². The van der Waals surface area contributed by atoms with Gasteiger partial charge in [0.15, 0.2) is 11.6 Å². The first-order chi connectivity index (χ1) is 32.6. The normalized spacial score (nSPS) is 20.7. The summed E-state index contributed by atoms with van der Waals surface area (Å²) in [5.41, 5.74) is 3.55. The maximum Gasteiger partial charge on any atom is 0.275 e. The van der Waals surface area contributed by atoms with E-state index in [0.29, 0.717) is 59.0 Å². The molecule has 2 atom stereocenters. The van der Waals surface area contributed by atoms with Gasteiger partial charge in [-0.25, -0.2) is 9.67 Å². The molecule has 3 aromatic heterocycles. The summed E-state index contributed by atoms with van der Waals surface area (Å²) in [5.74, 6) is 3.96. The minimum absolute atomic E-state index is 0.0115. The van der Waals surface area contributed by atoms with E-state index in [0.717, 1.165) is 92.8 Å². The van der Waals surface area contributed by atoms with Crippen molar-refractivity contribution in [3.05, 3.63) is 75.9 Å². The van der Waals surface area contributed by atoms with Gasteiger partial charge >= 0.3 is 0 Å². The molecule has 2 aromatic carbocycles. The van der Waals surface area contributed by atoms with E-state index in [9.17, 15) is 19.2 Å². The number of methoxy groups -OCH3 is 1. The van der Waals surface area contributed by atoms with Crippen molar-refractivity contribution < 1.29 is 19.1 Å². The van der Waals surface area contributed by atoms with Gasteiger partial charge in [0.2, 0.25) is 11.9 Å². The van der Waals surface area contributed by atoms with E-state index in [1.54, 1.807) is 7.11 Å². The number of ether oxygens (including phenoxy) is 1. The Balaban J connectivity index is 0.743. The molecule has 0 bridgehead atoms. The number of nitrogens with one attached hydrogen (secondary N) is 2. The predicted octanol–water partition coefficient (Wildman–Crippen LogP) is 5.64. The molecule has 1 saturated carbocycles. The topological polar surface area (TPSA) is 189 Å². The number of piperidine rings is 2. The van der Waals surface area contributed by atoms with Gasteiger partial charge in [-0.2, -0.15) is 10.1 Å². The molecule has 0 spiro atoms. The molecular formula is C49H61N13O5. The van der Waals surface area contributed by atoms with Gasteiger partial charge in [0, 0.05) is 75.4 Å². The Morgan fingerprint density at radius 2 is 1.64 bits per heavy atom. The summed E-state index contributed by atoms with van der Waals surface area (Å²) in [4.78, 5) is 70.7. The van der Waals surface area contributed by atoms with Crippen LogP contribution in [0.5, 0.6) is 5.75 Å². The highest BCUT2D eigenvalue weighted by Crippen LogP contribution is 2.41. The monoisotopic (exact) mass is 911 g/mol. The lowest BCUT2D eigenvalue weighted by Crippen LogP contribution is -2.50. The van der Waals surface area contributed by atoms with Crippen LogP contribution in [0.25, 0.3) is 16.5 Å². The van der Waals surface area contributed by atoms with Crippen molar-refractivity contribution in [2.75, 3.05) is 74.6 Å². The maximum absolute atomic E-state index is 13.9. The number of benzene rings is 2. The molecule has 5 aromatic rings. The van der Waals surface area contributed by atoms with Gasteiger partial charge in [-0.05, 0) is 101 Å². The third-order valence-electron chi connectivity index (χ3n) is 14.8. The van der Waals surface area contributed by atoms with Gasteiger partial charge < -0.3 is 24.8 Å². The van der Waals surface area contributed by atoms with Crippen LogP contribution in [0.1, 0.15) is 111 Å². The van der Waals surface area contributed by atoms with E-state index >= 15 is 0 Å². The Bertz CT molecular complexity index is 2750. The molecule has 0 radical (unpaired) electrons. The fourth-order valence-corrected chi connectivity index (χ4v) is 11.1. The number of anilines is 4. The second-order valence-electron chi connectivity index (χ2n) is 19.0. The minimum atomic E-state index is -0.794. The third-order valence-corrected chi connectivity index (χ3v) is 14.8. The van der Waals surface area contributed by atoms with Crippen LogP contribution in [0.4, 0.5) is 23.1 Å². The molecule has 3 saturated heterocycles. The van der Waals surface area contributed by atoms with Crippen LogP contribution in [-0.4, -0.2) is 122 Å². The summed E-state index contributed by atoms with van der Waals surface area (Å²) in [5, 5.41) is 20.6. The molecular weight excluding hydrogens is 851 g/mol. The highest BCUT2D eigenvalue weighted by atomic mass is 16.5. The molecule has 1 unspecified atom stereocenters. The second-order valence-corrected chi connectivity index (χ2v) is 19.0. The minimum Gasteiger partial charge on any atom is -0.495 e. The van der Waals surface area contributed by atoms with Crippen LogP contribution >= 0.6 is 0 Å².